The van der Waals surface area contributed by atoms with Crippen molar-refractivity contribution in [2.75, 3.05) is 13.1 Å². The van der Waals surface area contributed by atoms with Crippen LogP contribution in [-0.2, 0) is 16.6 Å². The lowest BCUT2D eigenvalue weighted by Crippen LogP contribution is -2.39. The molecule has 1 aromatic heterocycles. The van der Waals surface area contributed by atoms with E-state index in [0.29, 0.717) is 29.5 Å². The van der Waals surface area contributed by atoms with Gasteiger partial charge >= 0.3 is 0 Å². The number of sulfonamides is 1. The van der Waals surface area contributed by atoms with Crippen LogP contribution < -0.4 is 5.73 Å². The van der Waals surface area contributed by atoms with Crippen LogP contribution in [0.5, 0.6) is 0 Å². The van der Waals surface area contributed by atoms with Gasteiger partial charge in [0.25, 0.3) is 0 Å². The minimum absolute atomic E-state index is 0.383. The number of nitrogens with one attached hydrogen (secondary N) is 1. The zero-order valence-electron chi connectivity index (χ0n) is 17.7. The molecule has 0 saturated carbocycles. The molecule has 7 heteroatoms. The van der Waals surface area contributed by atoms with Gasteiger partial charge in [-0.15, -0.1) is 0 Å². The second-order valence-electron chi connectivity index (χ2n) is 8.17. The fraction of sp³-hybridized carbons (Fsp3) is 0.292. The lowest BCUT2D eigenvalue weighted by molar-refractivity contribution is 0.254. The van der Waals surface area contributed by atoms with Crippen LogP contribution in [0.4, 0.5) is 0 Å². The lowest BCUT2D eigenvalue weighted by atomic mass is 9.98. The number of hydrogen-bond acceptors (Lipinski definition) is 4. The molecule has 3 N–H and O–H groups in total. The Bertz CT molecular complexity index is 1240. The first-order valence-corrected chi connectivity index (χ1v) is 11.9. The second kappa shape index (κ2) is 8.69. The maximum absolute atomic E-state index is 13.0. The third-order valence-corrected chi connectivity index (χ3v) is 7.99. The van der Waals surface area contributed by atoms with Crippen molar-refractivity contribution in [1.82, 2.24) is 8.87 Å². The Labute approximate surface area is 183 Å². The normalized spacial score (nSPS) is 16.6. The highest BCUT2D eigenvalue weighted by molar-refractivity contribution is 7.89. The van der Waals surface area contributed by atoms with E-state index in [1.165, 1.54) is 12.4 Å². The Balaban J connectivity index is 1.44. The zero-order valence-corrected chi connectivity index (χ0v) is 18.5. The summed E-state index contributed by atoms with van der Waals surface area (Å²) >= 11 is 0. The molecule has 31 heavy (non-hydrogen) atoms. The van der Waals surface area contributed by atoms with E-state index in [1.807, 2.05) is 25.1 Å². The summed E-state index contributed by atoms with van der Waals surface area (Å²) in [6, 6.07) is 15.3. The molecule has 0 radical (unpaired) electrons. The molecule has 4 rings (SSSR count). The molecule has 0 unspecified atom stereocenters. The predicted molar refractivity (Wildman–Crippen MR) is 126 cm³/mol. The number of piperidine rings is 1. The number of hydrogen-bond donors (Lipinski definition) is 2. The molecule has 1 fully saturated rings. The maximum atomic E-state index is 13.0. The summed E-state index contributed by atoms with van der Waals surface area (Å²) in [6.07, 6.45) is 6.48. The van der Waals surface area contributed by atoms with Crippen molar-refractivity contribution in [2.45, 2.75) is 31.2 Å². The highest BCUT2D eigenvalue weighted by Crippen LogP contribution is 2.27. The molecule has 2 heterocycles. The minimum atomic E-state index is -3.43. The van der Waals surface area contributed by atoms with E-state index in [9.17, 15) is 8.42 Å². The van der Waals surface area contributed by atoms with Crippen molar-refractivity contribution < 1.29 is 8.42 Å². The monoisotopic (exact) mass is 436 g/mol. The number of nitrogens with two attached hydrogens (primary N) is 1. The first-order chi connectivity index (χ1) is 14.9. The first kappa shape index (κ1) is 21.3. The van der Waals surface area contributed by atoms with E-state index >= 15 is 0 Å². The van der Waals surface area contributed by atoms with E-state index in [0.717, 1.165) is 41.4 Å². The van der Waals surface area contributed by atoms with E-state index < -0.39 is 10.0 Å². The van der Waals surface area contributed by atoms with Gasteiger partial charge in [-0.3, -0.25) is 0 Å². The smallest absolute Gasteiger partial charge is 0.243 e. The van der Waals surface area contributed by atoms with Gasteiger partial charge in [-0.05, 0) is 67.1 Å². The highest BCUT2D eigenvalue weighted by Gasteiger charge is 2.29. The molecule has 1 aliphatic heterocycles. The zero-order chi connectivity index (χ0) is 22.0. The largest absolute Gasteiger partial charge is 0.404 e. The van der Waals surface area contributed by atoms with Gasteiger partial charge < -0.3 is 15.7 Å². The van der Waals surface area contributed by atoms with Gasteiger partial charge in [-0.1, -0.05) is 18.2 Å². The third kappa shape index (κ3) is 4.29. The van der Waals surface area contributed by atoms with Crippen LogP contribution in [0, 0.1) is 18.3 Å². The Morgan fingerprint density at radius 1 is 1.16 bits per heavy atom. The minimum Gasteiger partial charge on any atom is -0.404 e. The van der Waals surface area contributed by atoms with E-state index in [4.69, 9.17) is 11.1 Å². The molecule has 1 aliphatic rings. The summed E-state index contributed by atoms with van der Waals surface area (Å²) in [5.41, 5.74) is 9.32. The van der Waals surface area contributed by atoms with Gasteiger partial charge in [0.15, 0.2) is 0 Å². The second-order valence-corrected chi connectivity index (χ2v) is 10.1. The Morgan fingerprint density at radius 3 is 2.61 bits per heavy atom. The number of nitrogens with zero attached hydrogens (tertiary/aromatic N) is 2. The van der Waals surface area contributed by atoms with Crippen LogP contribution in [0.2, 0.25) is 0 Å². The molecule has 0 spiro atoms. The summed E-state index contributed by atoms with van der Waals surface area (Å²) < 4.78 is 29.8. The lowest BCUT2D eigenvalue weighted by Gasteiger charge is -2.31. The van der Waals surface area contributed by atoms with Gasteiger partial charge in [0, 0.05) is 54.7 Å². The summed E-state index contributed by atoms with van der Waals surface area (Å²) in [6.45, 7) is 3.88. The molecule has 162 valence electrons. The number of aromatic nitrogens is 1. The standard InChI is InChI=1S/C24H28N4O2S/c1-18-3-2-4-23(13-18)31(29,30)28-11-7-19(8-12-28)17-27-10-9-21-14-20(5-6-24(21)27)22(15-25)16-26/h2-6,9-10,13-16,19,25H,7-8,11-12,17,26H2,1H3/b22-16+,25-15?. The Kier molecular flexibility index (Phi) is 5.98. The molecule has 1 saturated heterocycles. The first-order valence-electron chi connectivity index (χ1n) is 10.5. The van der Waals surface area contributed by atoms with Crippen LogP contribution in [-0.4, -0.2) is 36.6 Å². The average molecular weight is 437 g/mol. The topological polar surface area (TPSA) is 92.2 Å². The summed E-state index contributed by atoms with van der Waals surface area (Å²) in [5.74, 6) is 0.431. The van der Waals surface area contributed by atoms with Crippen LogP contribution in [0.25, 0.3) is 16.5 Å². The van der Waals surface area contributed by atoms with E-state index in [-0.39, 0.29) is 0 Å². The van der Waals surface area contributed by atoms with Gasteiger partial charge in [0.05, 0.1) is 4.90 Å². The van der Waals surface area contributed by atoms with Crippen molar-refractivity contribution >= 4 is 32.7 Å². The number of rotatable bonds is 6. The third-order valence-electron chi connectivity index (χ3n) is 6.10. The average Bonchev–Trinajstić information content (AvgIpc) is 3.17. The maximum Gasteiger partial charge on any atom is 0.243 e. The van der Waals surface area contributed by atoms with Crippen molar-refractivity contribution in [1.29, 1.82) is 5.41 Å². The number of benzene rings is 2. The van der Waals surface area contributed by atoms with Crippen molar-refractivity contribution in [3.63, 3.8) is 0 Å². The van der Waals surface area contributed by atoms with Crippen molar-refractivity contribution in [3.8, 4) is 0 Å². The molecular weight excluding hydrogens is 408 g/mol. The predicted octanol–water partition coefficient (Wildman–Crippen LogP) is 4.00. The molecule has 0 aliphatic carbocycles. The summed E-state index contributed by atoms with van der Waals surface area (Å²) in [4.78, 5) is 0.383. The summed E-state index contributed by atoms with van der Waals surface area (Å²) in [5, 5.41) is 8.59. The molecule has 2 aromatic carbocycles. The number of fused-ring (bicyclic) bond motifs is 1. The molecule has 0 atom stereocenters. The van der Waals surface area contributed by atoms with Crippen LogP contribution in [0.1, 0.15) is 24.0 Å². The fourth-order valence-corrected chi connectivity index (χ4v) is 5.88. The van der Waals surface area contributed by atoms with Crippen LogP contribution in [0.15, 0.2) is 65.8 Å². The van der Waals surface area contributed by atoms with Crippen molar-refractivity contribution in [3.05, 3.63) is 72.1 Å². The van der Waals surface area contributed by atoms with Gasteiger partial charge in [0.1, 0.15) is 0 Å². The van der Waals surface area contributed by atoms with Crippen LogP contribution >= 0.6 is 0 Å². The molecule has 6 nitrogen and oxygen atoms in total. The highest BCUT2D eigenvalue weighted by atomic mass is 32.2. The summed E-state index contributed by atoms with van der Waals surface area (Å²) in [7, 11) is -3.43. The van der Waals surface area contributed by atoms with Crippen LogP contribution in [0.3, 0.4) is 0 Å². The quantitative estimate of drug-likeness (QED) is 0.572. The molecule has 3 aromatic rings. The van der Waals surface area contributed by atoms with E-state index in [1.54, 1.807) is 22.5 Å². The van der Waals surface area contributed by atoms with Gasteiger partial charge in [0.2, 0.25) is 10.0 Å². The SMILES string of the molecule is Cc1cccc(S(=O)(=O)N2CCC(Cn3ccc4cc(/C(C=N)=C/N)ccc43)CC2)c1. The number of allylic oxidation sites excluding steroid dienone is 1. The number of aryl methyl sites for hydroxylation is 1. The van der Waals surface area contributed by atoms with Crippen molar-refractivity contribution in [2.24, 2.45) is 11.7 Å². The molecule has 0 amide bonds. The molecular formula is C24H28N4O2S. The Hall–Kier alpha value is -2.90. The van der Waals surface area contributed by atoms with Gasteiger partial charge in [-0.25, -0.2) is 8.42 Å². The fourth-order valence-electron chi connectivity index (χ4n) is 4.30. The van der Waals surface area contributed by atoms with Gasteiger partial charge in [-0.2, -0.15) is 4.31 Å². The molecule has 0 bridgehead atoms. The van der Waals surface area contributed by atoms with E-state index in [2.05, 4.69) is 22.9 Å². The Morgan fingerprint density at radius 2 is 1.94 bits per heavy atom.